The molecule has 0 saturated heterocycles. The Balaban J connectivity index is 1.53. The van der Waals surface area contributed by atoms with E-state index in [0.717, 1.165) is 19.3 Å². The fraction of sp³-hybridized carbons (Fsp3) is 0.286. The van der Waals surface area contributed by atoms with Crippen molar-refractivity contribution in [1.29, 1.82) is 5.26 Å². The molecule has 1 atom stereocenters. The van der Waals surface area contributed by atoms with Crippen LogP contribution >= 0.6 is 0 Å². The molecule has 0 heterocycles. The SMILES string of the molecule is C[C@H](OC(=O)COc1ccc(C#N)cc1)C(=O)c1ccc2c(c1)CCC2. The van der Waals surface area contributed by atoms with Crippen LogP contribution < -0.4 is 4.74 Å². The summed E-state index contributed by atoms with van der Waals surface area (Å²) < 4.78 is 10.5. The number of aryl methyl sites for hydroxylation is 2. The number of carbonyl (C=O) groups is 2. The van der Waals surface area contributed by atoms with Crippen LogP contribution in [0.15, 0.2) is 42.5 Å². The van der Waals surface area contributed by atoms with Crippen molar-refractivity contribution < 1.29 is 19.1 Å². The third-order valence-electron chi connectivity index (χ3n) is 4.40. The van der Waals surface area contributed by atoms with Crippen LogP contribution in [0, 0.1) is 11.3 Å². The van der Waals surface area contributed by atoms with Gasteiger partial charge in [-0.05, 0) is 67.6 Å². The maximum Gasteiger partial charge on any atom is 0.344 e. The molecule has 132 valence electrons. The van der Waals surface area contributed by atoms with E-state index in [1.165, 1.54) is 11.1 Å². The van der Waals surface area contributed by atoms with E-state index in [2.05, 4.69) is 0 Å². The van der Waals surface area contributed by atoms with Crippen LogP contribution in [-0.4, -0.2) is 24.5 Å². The Bertz CT molecular complexity index is 865. The van der Waals surface area contributed by atoms with Crippen LogP contribution in [0.25, 0.3) is 0 Å². The summed E-state index contributed by atoms with van der Waals surface area (Å²) in [6, 6.07) is 14.1. The zero-order valence-electron chi connectivity index (χ0n) is 14.5. The summed E-state index contributed by atoms with van der Waals surface area (Å²) >= 11 is 0. The average molecular weight is 349 g/mol. The van der Waals surface area contributed by atoms with Crippen molar-refractivity contribution in [2.45, 2.75) is 32.3 Å². The van der Waals surface area contributed by atoms with Crippen molar-refractivity contribution in [2.75, 3.05) is 6.61 Å². The zero-order chi connectivity index (χ0) is 18.5. The molecule has 0 radical (unpaired) electrons. The normalized spacial score (nSPS) is 13.4. The highest BCUT2D eigenvalue weighted by atomic mass is 16.6. The number of hydrogen-bond donors (Lipinski definition) is 0. The van der Waals surface area contributed by atoms with Crippen LogP contribution in [0.1, 0.15) is 40.4 Å². The molecule has 3 rings (SSSR count). The lowest BCUT2D eigenvalue weighted by Gasteiger charge is -2.13. The number of benzene rings is 2. The van der Waals surface area contributed by atoms with Gasteiger partial charge in [-0.3, -0.25) is 4.79 Å². The van der Waals surface area contributed by atoms with Crippen molar-refractivity contribution in [3.63, 3.8) is 0 Å². The average Bonchev–Trinajstić information content (AvgIpc) is 3.13. The van der Waals surface area contributed by atoms with Gasteiger partial charge >= 0.3 is 5.97 Å². The van der Waals surface area contributed by atoms with Gasteiger partial charge in [0, 0.05) is 5.56 Å². The van der Waals surface area contributed by atoms with Crippen molar-refractivity contribution >= 4 is 11.8 Å². The Morgan fingerprint density at radius 3 is 2.58 bits per heavy atom. The van der Waals surface area contributed by atoms with Gasteiger partial charge in [0.2, 0.25) is 5.78 Å². The monoisotopic (exact) mass is 349 g/mol. The number of fused-ring (bicyclic) bond motifs is 1. The first-order chi connectivity index (χ1) is 12.6. The first-order valence-corrected chi connectivity index (χ1v) is 8.55. The van der Waals surface area contributed by atoms with E-state index in [1.54, 1.807) is 37.3 Å². The molecule has 0 aliphatic heterocycles. The molecule has 1 aliphatic rings. The molecule has 0 saturated carbocycles. The van der Waals surface area contributed by atoms with Crippen molar-refractivity contribution in [1.82, 2.24) is 0 Å². The molecule has 2 aromatic rings. The van der Waals surface area contributed by atoms with E-state index >= 15 is 0 Å². The van der Waals surface area contributed by atoms with Gasteiger partial charge < -0.3 is 9.47 Å². The molecule has 0 spiro atoms. The second-order valence-corrected chi connectivity index (χ2v) is 6.26. The first-order valence-electron chi connectivity index (χ1n) is 8.55. The summed E-state index contributed by atoms with van der Waals surface area (Å²) in [4.78, 5) is 24.4. The minimum atomic E-state index is -0.869. The maximum absolute atomic E-state index is 12.5. The molecule has 0 bridgehead atoms. The van der Waals surface area contributed by atoms with E-state index in [0.29, 0.717) is 16.9 Å². The molecule has 0 amide bonds. The van der Waals surface area contributed by atoms with Crippen molar-refractivity contribution in [3.8, 4) is 11.8 Å². The van der Waals surface area contributed by atoms with Gasteiger partial charge in [-0.15, -0.1) is 0 Å². The predicted molar refractivity (Wildman–Crippen MR) is 95.0 cm³/mol. The number of nitrogens with zero attached hydrogens (tertiary/aromatic N) is 1. The minimum Gasteiger partial charge on any atom is -0.482 e. The number of hydrogen-bond acceptors (Lipinski definition) is 5. The number of rotatable bonds is 6. The molecule has 26 heavy (non-hydrogen) atoms. The van der Waals surface area contributed by atoms with Crippen LogP contribution in [0.5, 0.6) is 5.75 Å². The van der Waals surface area contributed by atoms with Crippen LogP contribution in [0.2, 0.25) is 0 Å². The number of Topliss-reactive ketones (excluding diaryl/α,β-unsaturated/α-hetero) is 1. The van der Waals surface area contributed by atoms with E-state index in [1.807, 2.05) is 18.2 Å². The lowest BCUT2D eigenvalue weighted by molar-refractivity contribution is -0.148. The Kier molecular flexibility index (Phi) is 5.33. The highest BCUT2D eigenvalue weighted by Crippen LogP contribution is 2.23. The minimum absolute atomic E-state index is 0.216. The first kappa shape index (κ1) is 17.7. The number of ether oxygens (including phenoxy) is 2. The third kappa shape index (κ3) is 4.09. The molecule has 1 aliphatic carbocycles. The highest BCUT2D eigenvalue weighted by Gasteiger charge is 2.21. The summed E-state index contributed by atoms with van der Waals surface area (Å²) in [5.74, 6) is -0.374. The molecule has 0 fully saturated rings. The molecular weight excluding hydrogens is 330 g/mol. The Morgan fingerprint density at radius 1 is 1.12 bits per heavy atom. The fourth-order valence-electron chi connectivity index (χ4n) is 3.01. The number of ketones is 1. The fourth-order valence-corrected chi connectivity index (χ4v) is 3.01. The van der Waals surface area contributed by atoms with Crippen molar-refractivity contribution in [3.05, 3.63) is 64.7 Å². The van der Waals surface area contributed by atoms with E-state index < -0.39 is 12.1 Å². The van der Waals surface area contributed by atoms with E-state index in [4.69, 9.17) is 14.7 Å². The molecule has 5 heteroatoms. The summed E-state index contributed by atoms with van der Waals surface area (Å²) in [5.41, 5.74) is 3.58. The second-order valence-electron chi connectivity index (χ2n) is 6.26. The van der Waals surface area contributed by atoms with E-state index in [-0.39, 0.29) is 12.4 Å². The molecule has 0 unspecified atom stereocenters. The Labute approximate surface area is 152 Å². The predicted octanol–water partition coefficient (Wildman–Crippen LogP) is 3.24. The van der Waals surface area contributed by atoms with Crippen LogP contribution in [0.3, 0.4) is 0 Å². The number of esters is 1. The summed E-state index contributed by atoms with van der Waals surface area (Å²) in [6.07, 6.45) is 2.29. The third-order valence-corrected chi connectivity index (χ3v) is 4.40. The standard InChI is InChI=1S/C21H19NO4/c1-14(21(24)18-8-7-16-3-2-4-17(16)11-18)26-20(23)13-25-19-9-5-15(12-22)6-10-19/h5-11,14H,2-4,13H2,1H3/t14-/m0/s1. The Morgan fingerprint density at radius 2 is 1.85 bits per heavy atom. The zero-order valence-corrected chi connectivity index (χ0v) is 14.5. The highest BCUT2D eigenvalue weighted by molar-refractivity contribution is 6.00. The molecule has 2 aromatic carbocycles. The van der Waals surface area contributed by atoms with Gasteiger partial charge in [-0.25, -0.2) is 4.79 Å². The maximum atomic E-state index is 12.5. The largest absolute Gasteiger partial charge is 0.482 e. The lowest BCUT2D eigenvalue weighted by atomic mass is 10.0. The quantitative estimate of drug-likeness (QED) is 0.591. The molecule has 5 nitrogen and oxygen atoms in total. The van der Waals surface area contributed by atoms with Gasteiger partial charge in [0.15, 0.2) is 12.7 Å². The topological polar surface area (TPSA) is 76.4 Å². The summed E-state index contributed by atoms with van der Waals surface area (Å²) in [5, 5.41) is 8.75. The summed E-state index contributed by atoms with van der Waals surface area (Å²) in [7, 11) is 0. The number of carbonyl (C=O) groups excluding carboxylic acids is 2. The van der Waals surface area contributed by atoms with Crippen molar-refractivity contribution in [2.24, 2.45) is 0 Å². The number of nitriles is 1. The molecule has 0 N–H and O–H groups in total. The summed E-state index contributed by atoms with van der Waals surface area (Å²) in [6.45, 7) is 1.27. The lowest BCUT2D eigenvalue weighted by Crippen LogP contribution is -2.27. The van der Waals surface area contributed by atoms with E-state index in [9.17, 15) is 9.59 Å². The second kappa shape index (κ2) is 7.83. The molecule has 0 aromatic heterocycles. The molecular formula is C21H19NO4. The smallest absolute Gasteiger partial charge is 0.344 e. The van der Waals surface area contributed by atoms with Gasteiger partial charge in [0.25, 0.3) is 0 Å². The van der Waals surface area contributed by atoms with Gasteiger partial charge in [0.1, 0.15) is 5.75 Å². The van der Waals surface area contributed by atoms with Gasteiger partial charge in [-0.2, -0.15) is 5.26 Å². The Hall–Kier alpha value is -3.13. The van der Waals surface area contributed by atoms with Gasteiger partial charge in [0.05, 0.1) is 11.6 Å². The van der Waals surface area contributed by atoms with Gasteiger partial charge in [-0.1, -0.05) is 12.1 Å². The van der Waals surface area contributed by atoms with Crippen LogP contribution in [0.4, 0.5) is 0 Å². The van der Waals surface area contributed by atoms with Crippen LogP contribution in [-0.2, 0) is 22.4 Å².